The number of ether oxygens (including phenoxy) is 5. The van der Waals surface area contributed by atoms with Crippen LogP contribution in [-0.2, 0) is 23.7 Å². The van der Waals surface area contributed by atoms with Gasteiger partial charge in [0.1, 0.15) is 42.7 Å². The molecule has 3 heterocycles. The number of aliphatic hydroxyl groups excluding tert-OH is 8. The molecule has 3 aliphatic heterocycles. The van der Waals surface area contributed by atoms with E-state index >= 15 is 0 Å². The summed E-state index contributed by atoms with van der Waals surface area (Å²) < 4.78 is 31.6. The zero-order valence-corrected chi connectivity index (χ0v) is 33.7. The van der Waals surface area contributed by atoms with Gasteiger partial charge in [-0.05, 0) is 86.4 Å². The van der Waals surface area contributed by atoms with Gasteiger partial charge in [0.15, 0.2) is 12.6 Å². The molecule has 1 spiro atoms. The minimum Gasteiger partial charge on any atom is -0.396 e. The molecule has 7 fully saturated rings. The predicted octanol–water partition coefficient (Wildman–Crippen LogP) is 1.78. The summed E-state index contributed by atoms with van der Waals surface area (Å²) in [5.74, 6) is 0.414. The fraction of sp³-hybridized carbons (Fsp3) is 0.952. The van der Waals surface area contributed by atoms with Gasteiger partial charge in [-0.2, -0.15) is 0 Å². The maximum atomic E-state index is 12.1. The van der Waals surface area contributed by atoms with E-state index in [1.54, 1.807) is 6.92 Å². The molecule has 2 bridgehead atoms. The first-order valence-electron chi connectivity index (χ1n) is 20.9. The monoisotopic (exact) mass is 780 g/mol. The Morgan fingerprint density at radius 3 is 2.15 bits per heavy atom. The van der Waals surface area contributed by atoms with Gasteiger partial charge < -0.3 is 64.5 Å². The largest absolute Gasteiger partial charge is 0.396 e. The second kappa shape index (κ2) is 13.4. The van der Waals surface area contributed by atoms with Crippen molar-refractivity contribution >= 4 is 0 Å². The van der Waals surface area contributed by atoms with Crippen LogP contribution in [0.4, 0.5) is 0 Å². The first-order valence-corrected chi connectivity index (χ1v) is 20.9. The van der Waals surface area contributed by atoms with Crippen molar-refractivity contribution in [1.29, 1.82) is 0 Å². The number of rotatable bonds is 6. The van der Waals surface area contributed by atoms with Crippen LogP contribution >= 0.6 is 0 Å². The van der Waals surface area contributed by atoms with Crippen LogP contribution in [0.2, 0.25) is 0 Å². The van der Waals surface area contributed by atoms with E-state index in [2.05, 4.69) is 53.7 Å². The minimum absolute atomic E-state index is 0.0242. The zero-order valence-electron chi connectivity index (χ0n) is 33.7. The van der Waals surface area contributed by atoms with E-state index in [1.807, 2.05) is 0 Å². The molecule has 55 heavy (non-hydrogen) atoms. The number of fused-ring (bicyclic) bond motifs is 4. The summed E-state index contributed by atoms with van der Waals surface area (Å²) >= 11 is 0. The van der Waals surface area contributed by atoms with E-state index in [9.17, 15) is 40.9 Å². The molecule has 21 atom stereocenters. The Morgan fingerprint density at radius 1 is 0.727 bits per heavy atom. The van der Waals surface area contributed by atoms with Gasteiger partial charge in [0, 0.05) is 22.2 Å². The highest BCUT2D eigenvalue weighted by molar-refractivity contribution is 5.36. The highest BCUT2D eigenvalue weighted by atomic mass is 16.8. The fourth-order valence-electron chi connectivity index (χ4n) is 14.3. The average Bonchev–Trinajstić information content (AvgIpc) is 3.41. The average molecular weight is 781 g/mol. The van der Waals surface area contributed by atoms with Gasteiger partial charge >= 0.3 is 0 Å². The zero-order chi connectivity index (χ0) is 39.9. The summed E-state index contributed by atoms with van der Waals surface area (Å²) in [6, 6.07) is 0. The lowest BCUT2D eigenvalue weighted by Crippen LogP contribution is -2.72. The lowest BCUT2D eigenvalue weighted by Gasteiger charge is -2.73. The van der Waals surface area contributed by atoms with Crippen molar-refractivity contribution in [2.45, 2.75) is 179 Å². The van der Waals surface area contributed by atoms with Crippen LogP contribution in [0.15, 0.2) is 12.2 Å². The van der Waals surface area contributed by atoms with E-state index in [-0.39, 0.29) is 51.4 Å². The molecule has 314 valence electrons. The second-order valence-corrected chi connectivity index (χ2v) is 21.0. The minimum atomic E-state index is -1.73. The normalized spacial score (nSPS) is 59.7. The van der Waals surface area contributed by atoms with E-state index in [0.29, 0.717) is 19.4 Å². The van der Waals surface area contributed by atoms with Gasteiger partial charge in [-0.1, -0.05) is 53.7 Å². The molecule has 0 aromatic rings. The van der Waals surface area contributed by atoms with Crippen LogP contribution in [0.1, 0.15) is 99.8 Å². The summed E-state index contributed by atoms with van der Waals surface area (Å²) in [6.45, 7) is 15.4. The third-order valence-electron chi connectivity index (χ3n) is 17.9. The molecule has 8 rings (SSSR count). The van der Waals surface area contributed by atoms with Crippen molar-refractivity contribution in [2.24, 2.45) is 50.2 Å². The summed E-state index contributed by atoms with van der Waals surface area (Å²) in [5, 5.41) is 86.9. The van der Waals surface area contributed by atoms with Crippen molar-refractivity contribution in [1.82, 2.24) is 0 Å². The van der Waals surface area contributed by atoms with Gasteiger partial charge in [0.05, 0.1) is 43.7 Å². The lowest BCUT2D eigenvalue weighted by molar-refractivity contribution is -0.376. The standard InChI is InChI=1S/C42H68O13/c1-21-28(46)31(49)33(55-34-32(50)30(48)29(47)22(18-43)53-34)35(52-21)54-27-10-11-37(4)23(38(27,5)19-44)8-12-39(6)24(37)9-13-42-25-16-36(2,3)14-15-41(25,20-51-42)26(45)17-40(39,42)7/h9,13,21-35,43-50H,8,10-12,14-20H2,1-7H3/t21-,22-,23?,24-,25-,26+,27+,28+,29-,30+,31+,32-,33-,34+,35+,37+,38+,39-,40+,41-,42+/m1/s1. The third kappa shape index (κ3) is 5.44. The summed E-state index contributed by atoms with van der Waals surface area (Å²) in [5.41, 5.74) is -1.97. The maximum absolute atomic E-state index is 12.1. The van der Waals surface area contributed by atoms with Crippen LogP contribution in [0, 0.1) is 50.2 Å². The molecular formula is C42H68O13. The molecule has 3 saturated heterocycles. The van der Waals surface area contributed by atoms with Gasteiger partial charge in [-0.3, -0.25) is 0 Å². The lowest BCUT2D eigenvalue weighted by atomic mass is 9.32. The molecule has 5 aliphatic carbocycles. The van der Waals surface area contributed by atoms with Crippen molar-refractivity contribution in [3.05, 3.63) is 12.2 Å². The Morgan fingerprint density at radius 2 is 1.45 bits per heavy atom. The summed E-state index contributed by atoms with van der Waals surface area (Å²) in [7, 11) is 0. The summed E-state index contributed by atoms with van der Waals surface area (Å²) in [4.78, 5) is 0. The van der Waals surface area contributed by atoms with Crippen LogP contribution in [0.3, 0.4) is 0 Å². The van der Waals surface area contributed by atoms with Crippen molar-refractivity contribution in [2.75, 3.05) is 19.8 Å². The van der Waals surface area contributed by atoms with Gasteiger partial charge in [-0.25, -0.2) is 0 Å². The van der Waals surface area contributed by atoms with Crippen LogP contribution in [0.25, 0.3) is 0 Å². The summed E-state index contributed by atoms with van der Waals surface area (Å²) in [6.07, 6.45) is -3.53. The van der Waals surface area contributed by atoms with Gasteiger partial charge in [0.2, 0.25) is 0 Å². The highest BCUT2D eigenvalue weighted by Crippen LogP contribution is 2.79. The molecule has 8 N–H and O–H groups in total. The van der Waals surface area contributed by atoms with Gasteiger partial charge in [-0.15, -0.1) is 0 Å². The Bertz CT molecular complexity index is 1490. The molecule has 0 radical (unpaired) electrons. The Kier molecular flexibility index (Phi) is 9.95. The van der Waals surface area contributed by atoms with Crippen molar-refractivity contribution in [3.63, 3.8) is 0 Å². The first-order chi connectivity index (χ1) is 25.7. The molecule has 4 saturated carbocycles. The molecule has 1 unspecified atom stereocenters. The molecule has 0 aromatic heterocycles. The highest BCUT2D eigenvalue weighted by Gasteiger charge is 2.79. The van der Waals surface area contributed by atoms with E-state index in [1.165, 1.54) is 0 Å². The van der Waals surface area contributed by atoms with Crippen molar-refractivity contribution < 1.29 is 64.5 Å². The van der Waals surface area contributed by atoms with Gasteiger partial charge in [0.25, 0.3) is 0 Å². The Balaban J connectivity index is 1.08. The van der Waals surface area contributed by atoms with Crippen LogP contribution in [-0.4, -0.2) is 140 Å². The number of aliphatic hydroxyl groups is 8. The van der Waals surface area contributed by atoms with E-state index in [0.717, 1.165) is 38.5 Å². The Labute approximate surface area is 325 Å². The van der Waals surface area contributed by atoms with E-state index in [4.69, 9.17) is 23.7 Å². The molecule has 0 aromatic carbocycles. The predicted molar refractivity (Wildman–Crippen MR) is 197 cm³/mol. The van der Waals surface area contributed by atoms with Crippen molar-refractivity contribution in [3.8, 4) is 0 Å². The smallest absolute Gasteiger partial charge is 0.187 e. The number of hydrogen-bond donors (Lipinski definition) is 8. The fourth-order valence-corrected chi connectivity index (χ4v) is 14.3. The maximum Gasteiger partial charge on any atom is 0.187 e. The topological polar surface area (TPSA) is 208 Å². The first kappa shape index (κ1) is 41.0. The molecule has 13 nitrogen and oxygen atoms in total. The SMILES string of the molecule is C[C@H]1O[C@@H](O[C@H]2CC[C@@]3(C)C(CC[C@]4(C)[C@@H]3C=C[C@]35OC[C@@]6(CCC(C)(C)C[C@H]63)[C@@H](O)C[C@]54C)[C@]2(C)CO)[C@H](O[C@@H]2O[C@H](CO)[C@@H](O)[C@H](O)[C@H]2O)[C@@H](O)[C@H]1O. The second-order valence-electron chi connectivity index (χ2n) is 21.0. The third-order valence-corrected chi connectivity index (χ3v) is 17.9. The number of hydrogen-bond acceptors (Lipinski definition) is 13. The van der Waals surface area contributed by atoms with Crippen LogP contribution < -0.4 is 0 Å². The van der Waals surface area contributed by atoms with E-state index < -0.39 is 91.2 Å². The Hall–Kier alpha value is -0.780. The quantitative estimate of drug-likeness (QED) is 0.143. The molecule has 8 aliphatic rings. The van der Waals surface area contributed by atoms with Crippen LogP contribution in [0.5, 0.6) is 0 Å². The molecule has 0 amide bonds. The molecule has 13 heteroatoms. The number of allylic oxidation sites excluding steroid dienone is 1. The molecular weight excluding hydrogens is 712 g/mol.